The predicted octanol–water partition coefficient (Wildman–Crippen LogP) is 0.671. The second-order valence-electron chi connectivity index (χ2n) is 3.82. The third-order valence-corrected chi connectivity index (χ3v) is 2.67. The van der Waals surface area contributed by atoms with Crippen LogP contribution in [0.5, 0.6) is 0 Å². The van der Waals surface area contributed by atoms with Crippen LogP contribution in [0.25, 0.3) is 0 Å². The van der Waals surface area contributed by atoms with Crippen molar-refractivity contribution in [2.45, 2.75) is 19.9 Å². The van der Waals surface area contributed by atoms with Crippen molar-refractivity contribution >= 4 is 5.91 Å². The third-order valence-electron chi connectivity index (χ3n) is 2.67. The quantitative estimate of drug-likeness (QED) is 0.765. The fraction of sp³-hybridized carbons (Fsp3) is 0.545. The summed E-state index contributed by atoms with van der Waals surface area (Å²) in [6.07, 6.45) is 0. The van der Waals surface area contributed by atoms with Crippen molar-refractivity contribution in [3.63, 3.8) is 0 Å². The van der Waals surface area contributed by atoms with Gasteiger partial charge < -0.3 is 15.2 Å². The van der Waals surface area contributed by atoms with E-state index in [1.807, 2.05) is 44.6 Å². The summed E-state index contributed by atoms with van der Waals surface area (Å²) in [7, 11) is 3.77. The van der Waals surface area contributed by atoms with Gasteiger partial charge in [-0.25, -0.2) is 0 Å². The SMILES string of the molecule is CNC(C)CNC(=O)c1ccc(C)n1C. The number of amides is 1. The minimum absolute atomic E-state index is 0.0206. The molecule has 0 bridgehead atoms. The molecule has 0 fully saturated rings. The van der Waals surface area contributed by atoms with Crippen molar-refractivity contribution in [3.05, 3.63) is 23.5 Å². The molecule has 0 saturated heterocycles. The van der Waals surface area contributed by atoms with Gasteiger partial charge in [0.1, 0.15) is 5.69 Å². The lowest BCUT2D eigenvalue weighted by molar-refractivity contribution is 0.0942. The normalized spacial score (nSPS) is 12.5. The van der Waals surface area contributed by atoms with Crippen molar-refractivity contribution in [2.24, 2.45) is 7.05 Å². The summed E-state index contributed by atoms with van der Waals surface area (Å²) < 4.78 is 1.89. The summed E-state index contributed by atoms with van der Waals surface area (Å²) in [4.78, 5) is 11.7. The van der Waals surface area contributed by atoms with Crippen molar-refractivity contribution in [1.29, 1.82) is 0 Å². The van der Waals surface area contributed by atoms with Crippen LogP contribution in [0.1, 0.15) is 23.1 Å². The highest BCUT2D eigenvalue weighted by Gasteiger charge is 2.10. The standard InChI is InChI=1S/C11H19N3O/c1-8(12-3)7-13-11(15)10-6-5-9(2)14(10)4/h5-6,8,12H,7H2,1-4H3,(H,13,15). The van der Waals surface area contributed by atoms with Crippen LogP contribution in [0.4, 0.5) is 0 Å². The first-order valence-corrected chi connectivity index (χ1v) is 5.14. The van der Waals surface area contributed by atoms with E-state index in [9.17, 15) is 4.79 Å². The second kappa shape index (κ2) is 4.98. The molecule has 84 valence electrons. The summed E-state index contributed by atoms with van der Waals surface area (Å²) in [6, 6.07) is 4.07. The Hall–Kier alpha value is -1.29. The molecule has 0 aliphatic rings. The number of aryl methyl sites for hydroxylation is 1. The van der Waals surface area contributed by atoms with Gasteiger partial charge in [-0.3, -0.25) is 4.79 Å². The highest BCUT2D eigenvalue weighted by molar-refractivity contribution is 5.92. The zero-order valence-electron chi connectivity index (χ0n) is 9.79. The van der Waals surface area contributed by atoms with E-state index in [1.54, 1.807) is 0 Å². The Morgan fingerprint density at radius 1 is 1.53 bits per heavy atom. The maximum Gasteiger partial charge on any atom is 0.267 e. The zero-order valence-corrected chi connectivity index (χ0v) is 9.79. The van der Waals surface area contributed by atoms with E-state index in [1.165, 1.54) is 0 Å². The molecule has 2 N–H and O–H groups in total. The average Bonchev–Trinajstić information content (AvgIpc) is 2.56. The predicted molar refractivity (Wildman–Crippen MR) is 61.0 cm³/mol. The molecule has 0 aromatic carbocycles. The van der Waals surface area contributed by atoms with E-state index >= 15 is 0 Å². The first-order chi connectivity index (χ1) is 7.06. The van der Waals surface area contributed by atoms with E-state index in [2.05, 4.69) is 10.6 Å². The molecule has 1 heterocycles. The molecule has 1 unspecified atom stereocenters. The molecule has 0 aliphatic heterocycles. The number of rotatable bonds is 4. The Morgan fingerprint density at radius 3 is 2.67 bits per heavy atom. The Morgan fingerprint density at radius 2 is 2.20 bits per heavy atom. The van der Waals surface area contributed by atoms with Crippen LogP contribution in [0, 0.1) is 6.92 Å². The average molecular weight is 209 g/mol. The second-order valence-corrected chi connectivity index (χ2v) is 3.82. The first-order valence-electron chi connectivity index (χ1n) is 5.14. The number of nitrogens with zero attached hydrogens (tertiary/aromatic N) is 1. The molecular formula is C11H19N3O. The van der Waals surface area contributed by atoms with Gasteiger partial charge in [-0.2, -0.15) is 0 Å². The molecule has 1 atom stereocenters. The number of hydrogen-bond acceptors (Lipinski definition) is 2. The molecule has 1 aromatic heterocycles. The molecule has 0 aliphatic carbocycles. The Balaban J connectivity index is 2.58. The van der Waals surface area contributed by atoms with Crippen LogP contribution in [0.3, 0.4) is 0 Å². The molecule has 1 rings (SSSR count). The van der Waals surface area contributed by atoms with Gasteiger partial charge in [0.15, 0.2) is 0 Å². The van der Waals surface area contributed by atoms with Crippen molar-refractivity contribution in [1.82, 2.24) is 15.2 Å². The summed E-state index contributed by atoms with van der Waals surface area (Å²) in [5.74, 6) is -0.0206. The van der Waals surface area contributed by atoms with E-state index in [0.717, 1.165) is 5.69 Å². The molecular weight excluding hydrogens is 190 g/mol. The summed E-state index contributed by atoms with van der Waals surface area (Å²) >= 11 is 0. The maximum atomic E-state index is 11.7. The molecule has 0 saturated carbocycles. The Bertz CT molecular complexity index is 344. The molecule has 0 radical (unpaired) electrons. The zero-order chi connectivity index (χ0) is 11.4. The van der Waals surface area contributed by atoms with Crippen LogP contribution >= 0.6 is 0 Å². The smallest absolute Gasteiger partial charge is 0.267 e. The molecule has 0 spiro atoms. The van der Waals surface area contributed by atoms with E-state index in [-0.39, 0.29) is 11.9 Å². The highest BCUT2D eigenvalue weighted by Crippen LogP contribution is 2.05. The third kappa shape index (κ3) is 2.83. The first kappa shape index (κ1) is 11.8. The number of nitrogens with one attached hydrogen (secondary N) is 2. The summed E-state index contributed by atoms with van der Waals surface area (Å²) in [5, 5.41) is 5.95. The van der Waals surface area contributed by atoms with E-state index in [4.69, 9.17) is 0 Å². The van der Waals surface area contributed by atoms with Gasteiger partial charge in [0.05, 0.1) is 0 Å². The molecule has 15 heavy (non-hydrogen) atoms. The maximum absolute atomic E-state index is 11.7. The largest absolute Gasteiger partial charge is 0.349 e. The van der Waals surface area contributed by atoms with Gasteiger partial charge in [0.2, 0.25) is 0 Å². The number of carbonyl (C=O) groups is 1. The molecule has 1 amide bonds. The van der Waals surface area contributed by atoms with Crippen molar-refractivity contribution in [3.8, 4) is 0 Å². The lowest BCUT2D eigenvalue weighted by Crippen LogP contribution is -2.37. The van der Waals surface area contributed by atoms with E-state index < -0.39 is 0 Å². The van der Waals surface area contributed by atoms with Gasteiger partial charge in [-0.15, -0.1) is 0 Å². The van der Waals surface area contributed by atoms with E-state index in [0.29, 0.717) is 12.2 Å². The van der Waals surface area contributed by atoms with Crippen LogP contribution in [-0.4, -0.2) is 30.1 Å². The lowest BCUT2D eigenvalue weighted by Gasteiger charge is -2.11. The van der Waals surface area contributed by atoms with Gasteiger partial charge in [-0.1, -0.05) is 0 Å². The Kier molecular flexibility index (Phi) is 3.91. The van der Waals surface area contributed by atoms with Gasteiger partial charge in [0, 0.05) is 25.3 Å². The van der Waals surface area contributed by atoms with Gasteiger partial charge in [0.25, 0.3) is 5.91 Å². The lowest BCUT2D eigenvalue weighted by atomic mass is 10.3. The number of carbonyl (C=O) groups excluding carboxylic acids is 1. The Labute approximate surface area is 90.7 Å². The van der Waals surface area contributed by atoms with Gasteiger partial charge >= 0.3 is 0 Å². The number of aromatic nitrogens is 1. The number of likely N-dealkylation sites (N-methyl/N-ethyl adjacent to an activating group) is 1. The minimum Gasteiger partial charge on any atom is -0.349 e. The number of hydrogen-bond donors (Lipinski definition) is 2. The summed E-state index contributed by atoms with van der Waals surface area (Å²) in [5.41, 5.74) is 1.79. The minimum atomic E-state index is -0.0206. The molecule has 4 heteroatoms. The molecule has 4 nitrogen and oxygen atoms in total. The fourth-order valence-electron chi connectivity index (χ4n) is 1.28. The fourth-order valence-corrected chi connectivity index (χ4v) is 1.28. The van der Waals surface area contributed by atoms with Crippen LogP contribution < -0.4 is 10.6 Å². The topological polar surface area (TPSA) is 46.1 Å². The van der Waals surface area contributed by atoms with Crippen LogP contribution in [0.2, 0.25) is 0 Å². The van der Waals surface area contributed by atoms with Crippen LogP contribution in [0.15, 0.2) is 12.1 Å². The summed E-state index contributed by atoms with van der Waals surface area (Å²) in [6.45, 7) is 4.64. The van der Waals surface area contributed by atoms with Crippen molar-refractivity contribution in [2.75, 3.05) is 13.6 Å². The van der Waals surface area contributed by atoms with Crippen molar-refractivity contribution < 1.29 is 4.79 Å². The highest BCUT2D eigenvalue weighted by atomic mass is 16.1. The monoisotopic (exact) mass is 209 g/mol. The molecule has 1 aromatic rings. The van der Waals surface area contributed by atoms with Crippen LogP contribution in [-0.2, 0) is 7.05 Å². The van der Waals surface area contributed by atoms with Gasteiger partial charge in [-0.05, 0) is 33.0 Å².